The van der Waals surface area contributed by atoms with E-state index in [1.54, 1.807) is 0 Å². The second-order valence-electron chi connectivity index (χ2n) is 8.08. The van der Waals surface area contributed by atoms with Gasteiger partial charge in [0.05, 0.1) is 0 Å². The predicted molar refractivity (Wildman–Crippen MR) is 111 cm³/mol. The van der Waals surface area contributed by atoms with Gasteiger partial charge >= 0.3 is 6.09 Å². The third-order valence-corrected chi connectivity index (χ3v) is 5.84. The SMILES string of the molecule is C[C@H]1CCN(C(=O)OC(C)(C)C)CCCN1Sc1ccc2cnccc2c1. The molecule has 1 fully saturated rings. The molecule has 146 valence electrons. The van der Waals surface area contributed by atoms with E-state index < -0.39 is 5.60 Å². The topological polar surface area (TPSA) is 45.7 Å². The first-order valence-corrected chi connectivity index (χ1v) is 10.4. The van der Waals surface area contributed by atoms with Gasteiger partial charge in [-0.1, -0.05) is 6.07 Å². The summed E-state index contributed by atoms with van der Waals surface area (Å²) < 4.78 is 7.97. The van der Waals surface area contributed by atoms with Crippen molar-refractivity contribution in [2.24, 2.45) is 0 Å². The molecule has 0 bridgehead atoms. The number of amides is 1. The molecule has 0 unspecified atom stereocenters. The van der Waals surface area contributed by atoms with Gasteiger partial charge in [-0.15, -0.1) is 0 Å². The molecule has 2 aromatic rings. The van der Waals surface area contributed by atoms with Crippen LogP contribution >= 0.6 is 11.9 Å². The molecule has 1 saturated heterocycles. The second-order valence-corrected chi connectivity index (χ2v) is 9.20. The Labute approximate surface area is 166 Å². The minimum atomic E-state index is -0.446. The van der Waals surface area contributed by atoms with Gasteiger partial charge in [0.25, 0.3) is 0 Å². The molecule has 0 radical (unpaired) electrons. The van der Waals surface area contributed by atoms with Crippen LogP contribution in [0.15, 0.2) is 41.6 Å². The van der Waals surface area contributed by atoms with Gasteiger partial charge in [0, 0.05) is 48.4 Å². The van der Waals surface area contributed by atoms with Crippen molar-refractivity contribution in [3.05, 3.63) is 36.7 Å². The molecule has 1 amide bonds. The van der Waals surface area contributed by atoms with E-state index in [0.29, 0.717) is 6.04 Å². The molecule has 1 aromatic carbocycles. The maximum atomic E-state index is 12.4. The summed E-state index contributed by atoms with van der Waals surface area (Å²) in [6.07, 6.45) is 5.41. The van der Waals surface area contributed by atoms with E-state index in [9.17, 15) is 4.79 Å². The Balaban J connectivity index is 1.61. The van der Waals surface area contributed by atoms with Crippen molar-refractivity contribution >= 4 is 28.8 Å². The zero-order valence-electron chi connectivity index (χ0n) is 16.6. The summed E-state index contributed by atoms with van der Waals surface area (Å²) in [4.78, 5) is 19.6. The van der Waals surface area contributed by atoms with E-state index in [1.807, 2.05) is 50.0 Å². The quantitative estimate of drug-likeness (QED) is 0.681. The Morgan fingerprint density at radius 2 is 2.00 bits per heavy atom. The molecule has 5 nitrogen and oxygen atoms in total. The molecule has 0 spiro atoms. The average molecular weight is 388 g/mol. The van der Waals surface area contributed by atoms with Crippen molar-refractivity contribution in [1.82, 2.24) is 14.2 Å². The largest absolute Gasteiger partial charge is 0.444 e. The van der Waals surface area contributed by atoms with Crippen LogP contribution in [0.1, 0.15) is 40.5 Å². The molecule has 1 aromatic heterocycles. The Hall–Kier alpha value is -1.79. The van der Waals surface area contributed by atoms with Crippen LogP contribution in [0.5, 0.6) is 0 Å². The molecule has 3 rings (SSSR count). The number of nitrogens with zero attached hydrogens (tertiary/aromatic N) is 3. The lowest BCUT2D eigenvalue weighted by Crippen LogP contribution is -2.43. The third kappa shape index (κ3) is 5.59. The molecule has 6 heteroatoms. The normalized spacial score (nSPS) is 19.6. The monoisotopic (exact) mass is 387 g/mol. The van der Waals surface area contributed by atoms with E-state index >= 15 is 0 Å². The van der Waals surface area contributed by atoms with Gasteiger partial charge in [-0.25, -0.2) is 9.10 Å². The highest BCUT2D eigenvalue weighted by Gasteiger charge is 2.26. The predicted octanol–water partition coefficient (Wildman–Crippen LogP) is 4.96. The molecule has 0 aliphatic carbocycles. The maximum absolute atomic E-state index is 12.4. The maximum Gasteiger partial charge on any atom is 0.410 e. The van der Waals surface area contributed by atoms with Gasteiger partial charge in [-0.3, -0.25) is 4.98 Å². The van der Waals surface area contributed by atoms with Crippen LogP contribution in [0.3, 0.4) is 0 Å². The van der Waals surface area contributed by atoms with Crippen LogP contribution in [0.2, 0.25) is 0 Å². The Bertz CT molecular complexity index is 790. The highest BCUT2D eigenvalue weighted by molar-refractivity contribution is 7.97. The summed E-state index contributed by atoms with van der Waals surface area (Å²) in [6, 6.07) is 8.94. The lowest BCUT2D eigenvalue weighted by atomic mass is 10.2. The Morgan fingerprint density at radius 1 is 1.19 bits per heavy atom. The lowest BCUT2D eigenvalue weighted by Gasteiger charge is -2.34. The van der Waals surface area contributed by atoms with Crippen LogP contribution in [0, 0.1) is 0 Å². The zero-order valence-corrected chi connectivity index (χ0v) is 17.5. The van der Waals surface area contributed by atoms with E-state index in [1.165, 1.54) is 10.3 Å². The Morgan fingerprint density at radius 3 is 2.78 bits per heavy atom. The summed E-state index contributed by atoms with van der Waals surface area (Å²) >= 11 is 1.81. The van der Waals surface area contributed by atoms with E-state index in [-0.39, 0.29) is 6.09 Å². The van der Waals surface area contributed by atoms with Crippen LogP contribution in [-0.2, 0) is 4.74 Å². The molecule has 0 saturated carbocycles. The fourth-order valence-corrected chi connectivity index (χ4v) is 4.22. The van der Waals surface area contributed by atoms with Crippen LogP contribution in [-0.4, -0.2) is 51.6 Å². The molecule has 0 N–H and O–H groups in total. The second kappa shape index (κ2) is 8.48. The van der Waals surface area contributed by atoms with Crippen LogP contribution < -0.4 is 0 Å². The van der Waals surface area contributed by atoms with Crippen molar-refractivity contribution in [3.8, 4) is 0 Å². The molecule has 1 aliphatic rings. The number of carbonyl (C=O) groups is 1. The number of fused-ring (bicyclic) bond motifs is 1. The van der Waals surface area contributed by atoms with Crippen molar-refractivity contribution in [2.45, 2.75) is 57.1 Å². The summed E-state index contributed by atoms with van der Waals surface area (Å²) in [5.74, 6) is 0. The smallest absolute Gasteiger partial charge is 0.410 e. The Kier molecular flexibility index (Phi) is 6.27. The van der Waals surface area contributed by atoms with E-state index in [2.05, 4.69) is 40.5 Å². The highest BCUT2D eigenvalue weighted by atomic mass is 32.2. The van der Waals surface area contributed by atoms with Gasteiger partial charge in [0.2, 0.25) is 0 Å². The minimum Gasteiger partial charge on any atom is -0.444 e. The van der Waals surface area contributed by atoms with Gasteiger partial charge < -0.3 is 9.64 Å². The highest BCUT2D eigenvalue weighted by Crippen LogP contribution is 2.30. The van der Waals surface area contributed by atoms with E-state index in [0.717, 1.165) is 37.9 Å². The van der Waals surface area contributed by atoms with Gasteiger partial charge in [-0.05, 0) is 76.1 Å². The molecular formula is C21H29N3O2S. The first-order chi connectivity index (χ1) is 12.8. The lowest BCUT2D eigenvalue weighted by molar-refractivity contribution is 0.0221. The number of benzene rings is 1. The minimum absolute atomic E-state index is 0.195. The van der Waals surface area contributed by atoms with Crippen molar-refractivity contribution in [3.63, 3.8) is 0 Å². The summed E-state index contributed by atoms with van der Waals surface area (Å²) in [7, 11) is 0. The standard InChI is InChI=1S/C21H29N3O2S/c1-16-9-13-23(20(25)26-21(2,3)4)11-5-12-24(16)27-19-7-6-18-15-22-10-8-17(18)14-19/h6-8,10,14-16H,5,9,11-13H2,1-4H3/t16-/m0/s1. The number of aromatic nitrogens is 1. The third-order valence-electron chi connectivity index (χ3n) is 4.60. The van der Waals surface area contributed by atoms with Crippen LogP contribution in [0.4, 0.5) is 4.79 Å². The number of ether oxygens (including phenoxy) is 1. The van der Waals surface area contributed by atoms with Crippen molar-refractivity contribution < 1.29 is 9.53 Å². The van der Waals surface area contributed by atoms with Crippen molar-refractivity contribution in [1.29, 1.82) is 0 Å². The summed E-state index contributed by atoms with van der Waals surface area (Å²) in [5, 5.41) is 2.38. The van der Waals surface area contributed by atoms with Gasteiger partial charge in [-0.2, -0.15) is 0 Å². The number of carbonyl (C=O) groups excluding carboxylic acids is 1. The van der Waals surface area contributed by atoms with Crippen LogP contribution in [0.25, 0.3) is 10.8 Å². The molecular weight excluding hydrogens is 358 g/mol. The number of pyridine rings is 1. The number of hydrogen-bond acceptors (Lipinski definition) is 5. The first-order valence-electron chi connectivity index (χ1n) is 9.58. The average Bonchev–Trinajstić information content (AvgIpc) is 2.60. The van der Waals surface area contributed by atoms with Crippen molar-refractivity contribution in [2.75, 3.05) is 19.6 Å². The van der Waals surface area contributed by atoms with E-state index in [4.69, 9.17) is 4.74 Å². The molecule has 1 aliphatic heterocycles. The molecule has 27 heavy (non-hydrogen) atoms. The van der Waals surface area contributed by atoms with Gasteiger partial charge in [0.1, 0.15) is 5.60 Å². The molecule has 1 atom stereocenters. The first kappa shape index (κ1) is 20.0. The zero-order chi connectivity index (χ0) is 19.4. The van der Waals surface area contributed by atoms with Gasteiger partial charge in [0.15, 0.2) is 0 Å². The molecule has 2 heterocycles. The number of rotatable bonds is 2. The fourth-order valence-electron chi connectivity index (χ4n) is 3.13. The summed E-state index contributed by atoms with van der Waals surface area (Å²) in [5.41, 5.74) is -0.446. The number of hydrogen-bond donors (Lipinski definition) is 0. The fraction of sp³-hybridized carbons (Fsp3) is 0.524. The summed E-state index contributed by atoms with van der Waals surface area (Å²) in [6.45, 7) is 10.4.